The molecule has 5 aromatic rings. The number of aromatic nitrogens is 1. The number of fused-ring (bicyclic) bond motifs is 2. The van der Waals surface area contributed by atoms with E-state index >= 15 is 24.0 Å². The number of likely N-dealkylation sites (N-methyl/N-ethyl adjacent to an activating group) is 1. The lowest BCUT2D eigenvalue weighted by atomic mass is 9.87. The lowest BCUT2D eigenvalue weighted by molar-refractivity contribution is -0.142. The lowest BCUT2D eigenvalue weighted by Gasteiger charge is -2.38. The SMILES string of the molecule is CNC1CCSCC(C(=O)NC(Cc2ccc(OCCN)cc2)C(=O)NC(Cc2ccc3ccccc3c2)C(=O)NC2(C(=O)NC(CCC(=O)O)C(=O)NC(CC(N)=O)C(=O)NC(CC(N)=O)C(N)=O)CCOCC2)NC(=O)C(CCC(N)=O)NC(=O)C(Cc2c[nH]c3ccccc23)NC(=O)C(C(C)O)NC(=O)C(CCC(N)=O)NC1=O. The third-order valence-corrected chi connectivity index (χ3v) is 20.4. The van der Waals surface area contributed by atoms with Crippen molar-refractivity contribution in [3.8, 4) is 5.75 Å². The number of aliphatic hydroxyl groups is 1. The number of carbonyl (C=O) groups is 17. The summed E-state index contributed by atoms with van der Waals surface area (Å²) in [7, 11) is 1.43. The maximum Gasteiger partial charge on any atom is 0.303 e. The minimum Gasteiger partial charge on any atom is -0.492 e. The van der Waals surface area contributed by atoms with Gasteiger partial charge in [-0.2, -0.15) is 11.8 Å². The molecule has 4 aromatic carbocycles. The highest BCUT2D eigenvalue weighted by Crippen LogP contribution is 2.26. The van der Waals surface area contributed by atoms with E-state index in [9.17, 15) is 67.7 Å². The number of hydrogen-bond acceptors (Lipinski definition) is 23. The summed E-state index contributed by atoms with van der Waals surface area (Å²) in [4.78, 5) is 239. The molecule has 0 bridgehead atoms. The van der Waals surface area contributed by atoms with Gasteiger partial charge < -0.3 is 123 Å². The molecule has 0 spiro atoms. The molecule has 12 unspecified atom stereocenters. The summed E-state index contributed by atoms with van der Waals surface area (Å²) in [6, 6.07) is 6.83. The third kappa shape index (κ3) is 28.3. The Balaban J connectivity index is 1.28. The predicted octanol–water partition coefficient (Wildman–Crippen LogP) is -6.06. The van der Waals surface area contributed by atoms with Crippen LogP contribution in [-0.4, -0.2) is 239 Å². The van der Waals surface area contributed by atoms with E-state index in [1.165, 1.54) is 7.05 Å². The van der Waals surface area contributed by atoms with Crippen LogP contribution in [0.3, 0.4) is 0 Å². The zero-order chi connectivity index (χ0) is 85.6. The van der Waals surface area contributed by atoms with Crippen molar-refractivity contribution >= 4 is 134 Å². The van der Waals surface area contributed by atoms with Crippen molar-refractivity contribution in [2.75, 3.05) is 44.9 Å². The first kappa shape index (κ1) is 91.8. The van der Waals surface area contributed by atoms with Crippen molar-refractivity contribution in [2.24, 2.45) is 34.4 Å². The number of carboxylic acid groups (broad SMARTS) is 1. The van der Waals surface area contributed by atoms with Crippen LogP contribution in [0, 0.1) is 0 Å². The first-order valence-electron chi connectivity index (χ1n) is 37.6. The first-order valence-corrected chi connectivity index (χ1v) is 38.8. The van der Waals surface area contributed by atoms with Crippen LogP contribution >= 0.6 is 11.8 Å². The Hall–Kier alpha value is -12.3. The maximum absolute atomic E-state index is 15.7. The van der Waals surface area contributed by atoms with Crippen LogP contribution < -0.4 is 103 Å². The number of nitrogens with two attached hydrogens (primary N) is 6. The summed E-state index contributed by atoms with van der Waals surface area (Å²) in [6.45, 7) is 1.00. The second kappa shape index (κ2) is 44.5. The van der Waals surface area contributed by atoms with Gasteiger partial charge in [0.25, 0.3) is 0 Å². The Labute approximate surface area is 674 Å². The molecule has 632 valence electrons. The van der Waals surface area contributed by atoms with Crippen LogP contribution in [0.15, 0.2) is 97.2 Å². The number of benzene rings is 4. The van der Waals surface area contributed by atoms with E-state index in [1.807, 2.05) is 6.07 Å². The Morgan fingerprint density at radius 3 is 1.78 bits per heavy atom. The third-order valence-electron chi connectivity index (χ3n) is 19.3. The van der Waals surface area contributed by atoms with Crippen LogP contribution in [0.1, 0.15) is 94.2 Å². The monoisotopic (exact) mass is 1650 g/mol. The number of carboxylic acids is 1. The van der Waals surface area contributed by atoms with E-state index < -0.39 is 224 Å². The Bertz CT molecular complexity index is 4450. The fraction of sp³-hybridized carbons (Fsp3) is 0.461. The number of aromatic amines is 1. The van der Waals surface area contributed by atoms with E-state index in [1.54, 1.807) is 91.1 Å². The highest BCUT2D eigenvalue weighted by atomic mass is 32.2. The molecule has 117 heavy (non-hydrogen) atoms. The standard InChI is InChI=1S/C76H101N19O21S/c1-39(96)63-74(113)91-55(34-44-37-84-47-10-6-5-9-46(44)47)70(109)86-49(17-20-58(78)97)66(105)92-57(38-117-30-23-48(83-2)65(104)85-50(68(107)94-63)18-21-59(79)98)72(111)88-53(32-40-12-15-45(16-13-40)116-29-26-77)69(108)89-54(33-41-11-14-42-7-3-4-8-43(42)31-41)73(112)95-76(24-27-115-28-25-76)75(114)93-51(19-22-62(101)102)67(106)90-56(36-61(81)100)71(110)87-52(64(82)103)35-60(80)99/h3-16,31,37,39,48-57,63,83-84,96H,17-30,32-36,38,77H2,1-2H3,(H2,78,97)(H2,79,98)(H2,80,99)(H2,81,100)(H2,82,103)(H,85,104)(H,86,109)(H,87,110)(H,88,111)(H,89,108)(H,90,106)(H,91,113)(H,92,105)(H,93,114)(H,94,107)(H,95,112)(H,101,102). The number of rotatable bonds is 37. The van der Waals surface area contributed by atoms with Crippen LogP contribution in [-0.2, 0) is 106 Å². The predicted molar refractivity (Wildman–Crippen MR) is 422 cm³/mol. The van der Waals surface area contributed by atoms with Gasteiger partial charge in [0.05, 0.1) is 25.0 Å². The van der Waals surface area contributed by atoms with E-state index in [-0.39, 0.29) is 82.8 Å². The number of hydrogen-bond donors (Lipinski definition) is 21. The molecule has 2 saturated heterocycles. The second-order valence-electron chi connectivity index (χ2n) is 28.3. The highest BCUT2D eigenvalue weighted by Gasteiger charge is 2.46. The van der Waals surface area contributed by atoms with Gasteiger partial charge in [-0.25, -0.2) is 0 Å². The topological polar surface area (TPSA) is 665 Å². The number of para-hydroxylation sites is 1. The molecular formula is C76H101N19O21S. The number of nitrogens with one attached hydrogen (secondary N) is 13. The Morgan fingerprint density at radius 1 is 0.598 bits per heavy atom. The zero-order valence-corrected chi connectivity index (χ0v) is 65.1. The maximum atomic E-state index is 15.7. The lowest BCUT2D eigenvalue weighted by Crippen LogP contribution is -2.67. The number of aliphatic carboxylic acids is 1. The van der Waals surface area contributed by atoms with Crippen LogP contribution in [0.2, 0.25) is 0 Å². The van der Waals surface area contributed by atoms with Crippen molar-refractivity contribution in [1.82, 2.24) is 68.8 Å². The van der Waals surface area contributed by atoms with Gasteiger partial charge in [-0.05, 0) is 91.1 Å². The Morgan fingerprint density at radius 2 is 1.15 bits per heavy atom. The number of amides is 16. The first-order chi connectivity index (χ1) is 55.7. The van der Waals surface area contributed by atoms with E-state index in [0.717, 1.165) is 24.1 Å². The number of ether oxygens (including phenoxy) is 2. The summed E-state index contributed by atoms with van der Waals surface area (Å²) in [5.74, 6) is -18.7. The Kier molecular flexibility index (Phi) is 34.9. The minimum atomic E-state index is -2.07. The summed E-state index contributed by atoms with van der Waals surface area (Å²) >= 11 is 1.00. The van der Waals surface area contributed by atoms with E-state index in [0.29, 0.717) is 38.7 Å². The number of carbonyl (C=O) groups excluding carboxylic acids is 16. The largest absolute Gasteiger partial charge is 0.492 e. The molecule has 16 amide bonds. The van der Waals surface area contributed by atoms with Crippen molar-refractivity contribution in [3.05, 3.63) is 114 Å². The molecule has 40 nitrogen and oxygen atoms in total. The van der Waals surface area contributed by atoms with Gasteiger partial charge in [0.1, 0.15) is 78.3 Å². The smallest absolute Gasteiger partial charge is 0.303 e. The quantitative estimate of drug-likeness (QED) is 0.0176. The number of thioether (sulfide) groups is 1. The normalized spacial score (nSPS) is 19.8. The van der Waals surface area contributed by atoms with Crippen molar-refractivity contribution in [3.63, 3.8) is 0 Å². The molecule has 0 saturated carbocycles. The van der Waals surface area contributed by atoms with Crippen LogP contribution in [0.5, 0.6) is 5.75 Å². The van der Waals surface area contributed by atoms with Crippen LogP contribution in [0.4, 0.5) is 0 Å². The molecule has 3 heterocycles. The van der Waals surface area contributed by atoms with Crippen LogP contribution in [0.25, 0.3) is 21.7 Å². The van der Waals surface area contributed by atoms with Crippen molar-refractivity contribution < 1.29 is 101 Å². The molecule has 7 rings (SSSR count). The molecule has 12 atom stereocenters. The molecule has 0 aliphatic carbocycles. The molecule has 0 radical (unpaired) electrons. The van der Waals surface area contributed by atoms with Gasteiger partial charge in [-0.15, -0.1) is 0 Å². The average molecular weight is 1650 g/mol. The number of H-pyrrole nitrogens is 1. The highest BCUT2D eigenvalue weighted by molar-refractivity contribution is 7.99. The number of primary amides is 5. The van der Waals surface area contributed by atoms with E-state index in [4.69, 9.17) is 43.9 Å². The van der Waals surface area contributed by atoms with Gasteiger partial charge in [-0.1, -0.05) is 72.8 Å². The fourth-order valence-corrected chi connectivity index (χ4v) is 14.0. The molecule has 1 aromatic heterocycles. The molecule has 27 N–H and O–H groups in total. The summed E-state index contributed by atoms with van der Waals surface area (Å²) in [5, 5.41) is 53.7. The number of aliphatic hydroxyl groups excluding tert-OH is 1. The van der Waals surface area contributed by atoms with E-state index in [2.05, 4.69) is 68.8 Å². The van der Waals surface area contributed by atoms with Gasteiger partial charge >= 0.3 is 5.97 Å². The summed E-state index contributed by atoms with van der Waals surface area (Å²) < 4.78 is 11.4. The minimum absolute atomic E-state index is 0.00871. The fourth-order valence-electron chi connectivity index (χ4n) is 12.9. The molecule has 2 aliphatic rings. The van der Waals surface area contributed by atoms with Gasteiger partial charge in [0.15, 0.2) is 0 Å². The molecule has 2 fully saturated rings. The average Bonchev–Trinajstić information content (AvgIpc) is 1.07. The van der Waals surface area contributed by atoms with Crippen molar-refractivity contribution in [1.29, 1.82) is 0 Å². The van der Waals surface area contributed by atoms with Gasteiger partial charge in [0.2, 0.25) is 94.5 Å². The second-order valence-corrected chi connectivity index (χ2v) is 29.4. The summed E-state index contributed by atoms with van der Waals surface area (Å²) in [5.41, 5.74) is 32.7. The van der Waals surface area contributed by atoms with Gasteiger partial charge in [0, 0.05) is 94.0 Å². The van der Waals surface area contributed by atoms with Crippen molar-refractivity contribution in [2.45, 2.75) is 175 Å². The van der Waals surface area contributed by atoms with Gasteiger partial charge in [-0.3, -0.25) is 81.5 Å². The molecule has 41 heteroatoms. The zero-order valence-electron chi connectivity index (χ0n) is 64.3. The summed E-state index contributed by atoms with van der Waals surface area (Å²) in [6.07, 6.45) is -7.01. The molecular weight excluding hydrogens is 1550 g/mol. The molecule has 2 aliphatic heterocycles.